The molecule has 2 aromatic rings. The van der Waals surface area contributed by atoms with Crippen LogP contribution in [-0.2, 0) is 14.8 Å². The first-order valence-electron chi connectivity index (χ1n) is 9.48. The molecule has 0 aromatic heterocycles. The van der Waals surface area contributed by atoms with Gasteiger partial charge in [0.05, 0.1) is 10.9 Å². The fourth-order valence-electron chi connectivity index (χ4n) is 4.08. The van der Waals surface area contributed by atoms with Gasteiger partial charge in [0.1, 0.15) is 10.6 Å². The largest absolute Gasteiger partial charge is 0.573 e. The van der Waals surface area contributed by atoms with Gasteiger partial charge in [0.25, 0.3) is 0 Å². The van der Waals surface area contributed by atoms with E-state index in [-0.39, 0.29) is 40.6 Å². The van der Waals surface area contributed by atoms with Crippen LogP contribution in [0.1, 0.15) is 6.42 Å². The Morgan fingerprint density at radius 1 is 1.03 bits per heavy atom. The van der Waals surface area contributed by atoms with E-state index in [4.69, 9.17) is 11.6 Å². The second-order valence-corrected chi connectivity index (χ2v) is 9.75. The second kappa shape index (κ2) is 7.99. The molecule has 0 saturated carbocycles. The predicted octanol–water partition coefficient (Wildman–Crippen LogP) is 3.91. The lowest BCUT2D eigenvalue weighted by Gasteiger charge is -2.33. The van der Waals surface area contributed by atoms with Gasteiger partial charge in [0.15, 0.2) is 0 Å². The van der Waals surface area contributed by atoms with Crippen LogP contribution < -0.4 is 9.64 Å². The minimum atomic E-state index is -4.80. The van der Waals surface area contributed by atoms with Crippen LogP contribution in [0, 0.1) is 11.8 Å². The molecule has 0 N–H and O–H groups in total. The number of rotatable bonds is 4. The van der Waals surface area contributed by atoms with Crippen molar-refractivity contribution in [2.75, 3.05) is 24.5 Å². The highest BCUT2D eigenvalue weighted by Gasteiger charge is 2.47. The highest BCUT2D eigenvalue weighted by atomic mass is 35.5. The first-order chi connectivity index (χ1) is 14.6. The van der Waals surface area contributed by atoms with E-state index in [0.717, 1.165) is 12.1 Å². The average Bonchev–Trinajstić information content (AvgIpc) is 3.14. The number of sulfonamides is 1. The van der Waals surface area contributed by atoms with Crippen molar-refractivity contribution < 1.29 is 31.1 Å². The first-order valence-corrected chi connectivity index (χ1v) is 11.3. The molecule has 2 aromatic carbocycles. The summed E-state index contributed by atoms with van der Waals surface area (Å²) >= 11 is 6.06. The number of nitrogens with zero attached hydrogens (tertiary/aromatic N) is 2. The molecule has 2 saturated heterocycles. The third kappa shape index (κ3) is 4.37. The number of hydrogen-bond acceptors (Lipinski definition) is 4. The molecule has 2 atom stereocenters. The number of ether oxygens (including phenoxy) is 1. The molecule has 2 fully saturated rings. The van der Waals surface area contributed by atoms with E-state index in [1.54, 1.807) is 12.1 Å². The third-order valence-corrected chi connectivity index (χ3v) is 7.88. The van der Waals surface area contributed by atoms with Crippen molar-refractivity contribution in [1.82, 2.24) is 4.31 Å². The van der Waals surface area contributed by atoms with Crippen molar-refractivity contribution in [2.45, 2.75) is 17.7 Å². The van der Waals surface area contributed by atoms with Crippen molar-refractivity contribution in [2.24, 2.45) is 11.8 Å². The zero-order valence-electron chi connectivity index (χ0n) is 16.0. The highest BCUT2D eigenvalue weighted by molar-refractivity contribution is 7.89. The number of fused-ring (bicyclic) bond motifs is 1. The molecule has 4 rings (SSSR count). The number of anilines is 1. The van der Waals surface area contributed by atoms with E-state index >= 15 is 0 Å². The van der Waals surface area contributed by atoms with Gasteiger partial charge in [-0.3, -0.25) is 4.79 Å². The smallest absolute Gasteiger partial charge is 0.406 e. The van der Waals surface area contributed by atoms with Crippen molar-refractivity contribution in [1.29, 1.82) is 0 Å². The first kappa shape index (κ1) is 21.9. The Hall–Kier alpha value is -2.30. The Kier molecular flexibility index (Phi) is 5.65. The zero-order chi connectivity index (χ0) is 22.4. The molecular formula is C20H18ClF3N2O4S. The molecule has 11 heteroatoms. The number of hydrogen-bond donors (Lipinski definition) is 0. The Balaban J connectivity index is 1.51. The van der Waals surface area contributed by atoms with Crippen LogP contribution in [0.3, 0.4) is 0 Å². The standard InChI is InChI=1S/C20H18ClF3N2O4S/c21-17-3-1-2-4-18(17)31(28,29)25-11-13-9-10-26(19(27)16(13)12-25)14-5-7-15(8-6-14)30-20(22,23)24/h1-8,13,16H,9-12H2. The van der Waals surface area contributed by atoms with Crippen LogP contribution >= 0.6 is 11.6 Å². The molecule has 0 spiro atoms. The maximum Gasteiger partial charge on any atom is 0.573 e. The summed E-state index contributed by atoms with van der Waals surface area (Å²) in [7, 11) is -3.85. The van der Waals surface area contributed by atoms with Crippen LogP contribution in [0.5, 0.6) is 5.75 Å². The quantitative estimate of drug-likeness (QED) is 0.674. The lowest BCUT2D eigenvalue weighted by atomic mass is 9.87. The minimum Gasteiger partial charge on any atom is -0.406 e. The molecule has 0 bridgehead atoms. The van der Waals surface area contributed by atoms with E-state index in [9.17, 15) is 26.4 Å². The summed E-state index contributed by atoms with van der Waals surface area (Å²) in [6, 6.07) is 11.2. The number of benzene rings is 2. The zero-order valence-corrected chi connectivity index (χ0v) is 17.6. The summed E-state index contributed by atoms with van der Waals surface area (Å²) < 4.78 is 68.2. The summed E-state index contributed by atoms with van der Waals surface area (Å²) in [6.07, 6.45) is -4.22. The van der Waals surface area contributed by atoms with E-state index in [2.05, 4.69) is 4.74 Å². The van der Waals surface area contributed by atoms with Gasteiger partial charge in [0, 0.05) is 25.3 Å². The lowest BCUT2D eigenvalue weighted by molar-refractivity contribution is -0.274. The van der Waals surface area contributed by atoms with Gasteiger partial charge >= 0.3 is 6.36 Å². The average molecular weight is 475 g/mol. The number of carbonyl (C=O) groups is 1. The summed E-state index contributed by atoms with van der Waals surface area (Å²) in [5, 5.41) is 0.117. The van der Waals surface area contributed by atoms with Crippen LogP contribution in [0.4, 0.5) is 18.9 Å². The normalized spacial score (nSPS) is 22.5. The van der Waals surface area contributed by atoms with Gasteiger partial charge in [0.2, 0.25) is 15.9 Å². The van der Waals surface area contributed by atoms with E-state index < -0.39 is 22.3 Å². The summed E-state index contributed by atoms with van der Waals surface area (Å²) in [5.74, 6) is -1.29. The summed E-state index contributed by atoms with van der Waals surface area (Å²) in [5.41, 5.74) is 0.436. The fraction of sp³-hybridized carbons (Fsp3) is 0.350. The van der Waals surface area contributed by atoms with Crippen molar-refractivity contribution in [3.05, 3.63) is 53.6 Å². The van der Waals surface area contributed by atoms with Crippen LogP contribution in [0.15, 0.2) is 53.4 Å². The van der Waals surface area contributed by atoms with Gasteiger partial charge in [-0.1, -0.05) is 23.7 Å². The molecule has 2 heterocycles. The van der Waals surface area contributed by atoms with Crippen LogP contribution in [0.2, 0.25) is 5.02 Å². The molecular weight excluding hydrogens is 457 g/mol. The highest BCUT2D eigenvalue weighted by Crippen LogP contribution is 2.38. The summed E-state index contributed by atoms with van der Waals surface area (Å²) in [6.45, 7) is 0.596. The van der Waals surface area contributed by atoms with Gasteiger partial charge in [-0.25, -0.2) is 8.42 Å². The van der Waals surface area contributed by atoms with E-state index in [0.29, 0.717) is 18.7 Å². The fourth-order valence-corrected chi connectivity index (χ4v) is 6.10. The Morgan fingerprint density at radius 3 is 2.35 bits per heavy atom. The van der Waals surface area contributed by atoms with Crippen molar-refractivity contribution in [3.8, 4) is 5.75 Å². The molecule has 166 valence electrons. The molecule has 0 aliphatic carbocycles. The maximum atomic E-state index is 13.1. The predicted molar refractivity (Wildman–Crippen MR) is 107 cm³/mol. The topological polar surface area (TPSA) is 66.9 Å². The van der Waals surface area contributed by atoms with E-state index in [1.807, 2.05) is 0 Å². The summed E-state index contributed by atoms with van der Waals surface area (Å²) in [4.78, 5) is 14.5. The molecule has 0 radical (unpaired) electrons. The number of carbonyl (C=O) groups excluding carboxylic acids is 1. The van der Waals surface area contributed by atoms with Crippen molar-refractivity contribution in [3.63, 3.8) is 0 Å². The lowest BCUT2D eigenvalue weighted by Crippen LogP contribution is -2.45. The number of piperidine rings is 1. The SMILES string of the molecule is O=C1C2CN(S(=O)(=O)c3ccccc3Cl)CC2CCN1c1ccc(OC(F)(F)F)cc1. The second-order valence-electron chi connectivity index (χ2n) is 7.44. The Morgan fingerprint density at radius 2 is 1.71 bits per heavy atom. The number of alkyl halides is 3. The Bertz CT molecular complexity index is 1090. The van der Waals surface area contributed by atoms with Crippen LogP contribution in [0.25, 0.3) is 0 Å². The number of amides is 1. The maximum absolute atomic E-state index is 13.1. The molecule has 6 nitrogen and oxygen atoms in total. The minimum absolute atomic E-state index is 0.000118. The molecule has 2 aliphatic rings. The Labute approximate surface area is 182 Å². The van der Waals surface area contributed by atoms with Crippen molar-refractivity contribution >= 4 is 33.2 Å². The van der Waals surface area contributed by atoms with Gasteiger partial charge < -0.3 is 9.64 Å². The van der Waals surface area contributed by atoms with Gasteiger partial charge in [-0.15, -0.1) is 13.2 Å². The van der Waals surface area contributed by atoms with Gasteiger partial charge in [-0.05, 0) is 48.7 Å². The molecule has 1 amide bonds. The molecule has 2 aliphatic heterocycles. The number of halogens is 4. The van der Waals surface area contributed by atoms with Crippen LogP contribution in [-0.4, -0.2) is 44.6 Å². The monoisotopic (exact) mass is 474 g/mol. The third-order valence-electron chi connectivity index (χ3n) is 5.55. The van der Waals surface area contributed by atoms with Gasteiger partial charge in [-0.2, -0.15) is 4.31 Å². The molecule has 2 unspecified atom stereocenters. The van der Waals surface area contributed by atoms with E-state index in [1.165, 1.54) is 33.5 Å². The molecule has 31 heavy (non-hydrogen) atoms.